The average Bonchev–Trinajstić information content (AvgIpc) is 3.27. The molecule has 4 aromatic carbocycles. The van der Waals surface area contributed by atoms with Crippen LogP contribution in [0.1, 0.15) is 97.3 Å². The molecule has 4 aliphatic rings. The fourth-order valence-corrected chi connectivity index (χ4v) is 9.80. The molecule has 4 N–H and O–H groups in total. The van der Waals surface area contributed by atoms with E-state index in [1.54, 1.807) is 6.07 Å². The summed E-state index contributed by atoms with van der Waals surface area (Å²) in [6.45, 7) is 7.11. The van der Waals surface area contributed by atoms with Crippen molar-refractivity contribution < 1.29 is 56.8 Å². The Labute approximate surface area is 382 Å². The van der Waals surface area contributed by atoms with Crippen molar-refractivity contribution in [2.45, 2.75) is 91.2 Å². The lowest BCUT2D eigenvalue weighted by molar-refractivity contribution is -0.274. The average molecular weight is 1020 g/mol. The molecule has 4 heterocycles. The molecule has 4 aromatic rings. The molecule has 4 saturated heterocycles. The van der Waals surface area contributed by atoms with E-state index < -0.39 is 36.6 Å². The molecule has 0 bridgehead atoms. The van der Waals surface area contributed by atoms with Gasteiger partial charge in [0.15, 0.2) is 0 Å². The Morgan fingerprint density at radius 2 is 0.742 bits per heavy atom. The van der Waals surface area contributed by atoms with E-state index in [1.165, 1.54) is 48.7 Å². The van der Waals surface area contributed by atoms with E-state index in [1.807, 2.05) is 18.2 Å². The van der Waals surface area contributed by atoms with Gasteiger partial charge in [0.05, 0.1) is 0 Å². The lowest BCUT2D eigenvalue weighted by Gasteiger charge is -2.41. The minimum atomic E-state index is -9.55. The predicted molar refractivity (Wildman–Crippen MR) is 240 cm³/mol. The summed E-state index contributed by atoms with van der Waals surface area (Å²) in [5.41, 5.74) is 3.41. The number of nitrogens with one attached hydrogen (secondary N) is 4. The number of rotatable bonds is 7. The third-order valence-corrected chi connectivity index (χ3v) is 14.4. The van der Waals surface area contributed by atoms with Crippen LogP contribution in [0, 0.1) is 0 Å². The second kappa shape index (κ2) is 20.3. The molecule has 0 saturated carbocycles. The monoisotopic (exact) mass is 1010 g/mol. The molecule has 0 amide bonds. The Hall–Kier alpha value is -3.40. The van der Waals surface area contributed by atoms with E-state index in [0.29, 0.717) is 67.2 Å². The van der Waals surface area contributed by atoms with Gasteiger partial charge in [-0.3, -0.25) is 0 Å². The molecule has 4 fully saturated rings. The van der Waals surface area contributed by atoms with Gasteiger partial charge in [-0.25, -0.2) is 0 Å². The van der Waals surface area contributed by atoms with Crippen LogP contribution >= 0.6 is 32.0 Å². The van der Waals surface area contributed by atoms with Crippen molar-refractivity contribution in [3.8, 4) is 5.75 Å². The smallest absolute Gasteiger partial charge is 0.406 e. The van der Waals surface area contributed by atoms with Crippen LogP contribution in [0.15, 0.2) is 107 Å². The highest BCUT2D eigenvalue weighted by Crippen LogP contribution is 3.02. The summed E-state index contributed by atoms with van der Waals surface area (Å²) in [6, 6.07) is 21.5. The minimum Gasteiger partial charge on any atom is -0.406 e. The maximum absolute atomic E-state index is 12.7. The van der Waals surface area contributed by atoms with Gasteiger partial charge in [-0.2, -0.15) is 0 Å². The lowest BCUT2D eigenvalue weighted by atomic mass is 9.90. The summed E-state index contributed by atoms with van der Waals surface area (Å²) in [7, 11) is -19.1. The predicted octanol–water partition coefficient (Wildman–Crippen LogP) is 15.5. The van der Waals surface area contributed by atoms with Crippen LogP contribution < -0.4 is 26.0 Å². The summed E-state index contributed by atoms with van der Waals surface area (Å²) in [5.74, 6) is 1.00. The molecule has 66 heavy (non-hydrogen) atoms. The molecule has 0 spiro atoms. The van der Waals surface area contributed by atoms with Gasteiger partial charge < -0.3 is 26.0 Å². The van der Waals surface area contributed by atoms with Crippen molar-refractivity contribution >= 4 is 32.0 Å². The van der Waals surface area contributed by atoms with Crippen molar-refractivity contribution in [2.75, 3.05) is 52.4 Å². The van der Waals surface area contributed by atoms with E-state index >= 15 is 0 Å². The van der Waals surface area contributed by atoms with Gasteiger partial charge in [0.25, 0.3) is 0 Å². The molecule has 8 rings (SSSR count). The number of halogens is 14. The lowest BCUT2D eigenvalue weighted by Crippen LogP contribution is -2.26. The topological polar surface area (TPSA) is 57.4 Å². The number of hydrogen-bond acceptors (Lipinski definition) is 5. The number of benzene rings is 4. The zero-order valence-electron chi connectivity index (χ0n) is 35.9. The van der Waals surface area contributed by atoms with Gasteiger partial charge in [-0.15, -0.1) is 13.2 Å². The first-order valence-electron chi connectivity index (χ1n) is 21.7. The Balaban J connectivity index is 0.000000166. The molecule has 4 aliphatic heterocycles. The normalized spacial score (nSPS) is 20.5. The van der Waals surface area contributed by atoms with Crippen molar-refractivity contribution in [3.05, 3.63) is 124 Å². The van der Waals surface area contributed by atoms with Crippen molar-refractivity contribution in [1.29, 1.82) is 0 Å². The Kier molecular flexibility index (Phi) is 16.5. The number of alkyl halides is 3. The second-order valence-corrected chi connectivity index (χ2v) is 22.1. The standard InChI is InChI=1S/C12H14F3NO.C11H14ClN.2C11H14F5NS/c13-12(14,15)17-11-3-1-2-10(8-11)9-4-6-16-7-5-9;12-11-3-1-9(2-4-11)10-5-7-13-8-6-10;12-18(13,14,15,16)11-3-1-9(2-4-11)10-5-7-17-8-6-10;12-18(13,14,15,16)11-3-1-2-10(8-11)9-4-6-17-7-5-9/h1-3,8-9,16H,4-7H2;1-4,10,13H,5-8H2;1-4,10,17H,5-8H2;1-3,8-9,17H,4-7H2. The van der Waals surface area contributed by atoms with Crippen LogP contribution in [0.5, 0.6) is 5.75 Å². The highest BCUT2D eigenvalue weighted by Gasteiger charge is 2.66. The fraction of sp³-hybridized carbons (Fsp3) is 0.467. The molecule has 0 aromatic heterocycles. The summed E-state index contributed by atoms with van der Waals surface area (Å²) < 4.78 is 166. The van der Waals surface area contributed by atoms with Crippen LogP contribution in [-0.4, -0.2) is 58.7 Å². The molecular weight excluding hydrogens is 959 g/mol. The van der Waals surface area contributed by atoms with Crippen molar-refractivity contribution in [3.63, 3.8) is 0 Å². The van der Waals surface area contributed by atoms with E-state index in [-0.39, 0.29) is 17.6 Å². The van der Waals surface area contributed by atoms with E-state index in [4.69, 9.17) is 11.6 Å². The first-order valence-corrected chi connectivity index (χ1v) is 25.9. The van der Waals surface area contributed by atoms with Gasteiger partial charge in [-0.1, -0.05) is 99.0 Å². The summed E-state index contributed by atoms with van der Waals surface area (Å²) in [6.07, 6.45) is 2.76. The molecule has 0 radical (unpaired) electrons. The van der Waals surface area contributed by atoms with Gasteiger partial charge in [0.2, 0.25) is 0 Å². The van der Waals surface area contributed by atoms with E-state index in [9.17, 15) is 52.0 Å². The number of hydrogen-bond donors (Lipinski definition) is 4. The third kappa shape index (κ3) is 17.9. The maximum atomic E-state index is 12.7. The zero-order valence-corrected chi connectivity index (χ0v) is 38.3. The van der Waals surface area contributed by atoms with Gasteiger partial charge >= 0.3 is 26.8 Å². The van der Waals surface area contributed by atoms with Crippen LogP contribution in [0.3, 0.4) is 0 Å². The SMILES string of the molecule is Clc1ccc(C2CCNCC2)cc1.FC(F)(F)Oc1cccc(C2CCNCC2)c1.FS(F)(F)(F)(F)c1ccc(C2CCNCC2)cc1.FS(F)(F)(F)(F)c1cccc(C2CCNCC2)c1. The van der Waals surface area contributed by atoms with E-state index in [2.05, 4.69) is 38.1 Å². The number of piperidine rings is 4. The van der Waals surface area contributed by atoms with Gasteiger partial charge in [0.1, 0.15) is 15.5 Å². The van der Waals surface area contributed by atoms with Crippen molar-refractivity contribution in [2.24, 2.45) is 0 Å². The zero-order chi connectivity index (χ0) is 48.4. The van der Waals surface area contributed by atoms with Gasteiger partial charge in [-0.05, 0) is 198 Å². The molecule has 5 nitrogen and oxygen atoms in total. The van der Waals surface area contributed by atoms with E-state index in [0.717, 1.165) is 87.5 Å². The Morgan fingerprint density at radius 3 is 1.11 bits per heavy atom. The summed E-state index contributed by atoms with van der Waals surface area (Å²) in [4.78, 5) is -3.60. The van der Waals surface area contributed by atoms with Crippen LogP contribution in [0.2, 0.25) is 5.02 Å². The Bertz CT molecular complexity index is 2140. The molecule has 21 heteroatoms. The van der Waals surface area contributed by atoms with Crippen molar-refractivity contribution in [1.82, 2.24) is 21.3 Å². The highest BCUT2D eigenvalue weighted by atomic mass is 35.5. The maximum Gasteiger partial charge on any atom is 0.573 e. The highest BCUT2D eigenvalue weighted by molar-refractivity contribution is 8.46. The third-order valence-electron chi connectivity index (χ3n) is 11.8. The molecule has 372 valence electrons. The largest absolute Gasteiger partial charge is 0.573 e. The molecular formula is C45H56ClF13N4OS2. The quantitative estimate of drug-likeness (QED) is 0.139. The van der Waals surface area contributed by atoms with Crippen LogP contribution in [-0.2, 0) is 0 Å². The summed E-state index contributed by atoms with van der Waals surface area (Å²) in [5, 5.41) is 13.6. The first-order chi connectivity index (χ1) is 30.5. The second-order valence-electron chi connectivity index (χ2n) is 16.8. The molecule has 0 aliphatic carbocycles. The Morgan fingerprint density at radius 1 is 0.409 bits per heavy atom. The van der Waals surface area contributed by atoms with Crippen LogP contribution in [0.25, 0.3) is 0 Å². The van der Waals surface area contributed by atoms with Gasteiger partial charge in [0, 0.05) is 5.02 Å². The number of ether oxygens (including phenoxy) is 1. The first kappa shape index (κ1) is 53.6. The molecule has 0 atom stereocenters. The van der Waals surface area contributed by atoms with Crippen LogP contribution in [0.4, 0.5) is 52.0 Å². The fourth-order valence-electron chi connectivity index (χ4n) is 8.33. The summed E-state index contributed by atoms with van der Waals surface area (Å²) >= 11 is 5.84. The molecule has 0 unspecified atom stereocenters. The minimum absolute atomic E-state index is 0.0776.